The summed E-state index contributed by atoms with van der Waals surface area (Å²) >= 11 is 0. The average Bonchev–Trinajstić information content (AvgIpc) is 2.44. The highest BCUT2D eigenvalue weighted by Crippen LogP contribution is 2.19. The number of piperidine rings is 1. The third kappa shape index (κ3) is 4.72. The zero-order chi connectivity index (χ0) is 15.2. The molecule has 0 saturated carbocycles. The molecular weight excluding hydrogens is 268 g/mol. The van der Waals surface area contributed by atoms with E-state index in [2.05, 4.69) is 11.8 Å². The molecule has 0 amide bonds. The molecule has 5 nitrogen and oxygen atoms in total. The highest BCUT2D eigenvalue weighted by Gasteiger charge is 2.25. The molecule has 2 N–H and O–H groups in total. The fourth-order valence-corrected chi connectivity index (χ4v) is 2.59. The molecule has 0 radical (unpaired) electrons. The SMILES string of the molecule is CCOc1ccc(OC(=O)CN2CCC(N)CC2C)cc1. The maximum absolute atomic E-state index is 12.0. The van der Waals surface area contributed by atoms with Crippen molar-refractivity contribution >= 4 is 5.97 Å². The highest BCUT2D eigenvalue weighted by molar-refractivity contribution is 5.74. The molecule has 2 rings (SSSR count). The number of likely N-dealkylation sites (tertiary alicyclic amines) is 1. The number of nitrogens with zero attached hydrogens (tertiary/aromatic N) is 1. The van der Waals surface area contributed by atoms with Gasteiger partial charge in [0, 0.05) is 18.6 Å². The van der Waals surface area contributed by atoms with E-state index in [-0.39, 0.29) is 12.0 Å². The smallest absolute Gasteiger partial charge is 0.325 e. The van der Waals surface area contributed by atoms with Gasteiger partial charge in [-0.2, -0.15) is 0 Å². The summed E-state index contributed by atoms with van der Waals surface area (Å²) in [6, 6.07) is 7.67. The van der Waals surface area contributed by atoms with Crippen LogP contribution in [0, 0.1) is 0 Å². The highest BCUT2D eigenvalue weighted by atomic mass is 16.5. The molecule has 1 aromatic rings. The van der Waals surface area contributed by atoms with Crippen LogP contribution in [0.25, 0.3) is 0 Å². The van der Waals surface area contributed by atoms with Gasteiger partial charge in [0.15, 0.2) is 0 Å². The minimum absolute atomic E-state index is 0.235. The van der Waals surface area contributed by atoms with Gasteiger partial charge < -0.3 is 15.2 Å². The number of carbonyl (C=O) groups excluding carboxylic acids is 1. The maximum Gasteiger partial charge on any atom is 0.325 e. The molecule has 0 aromatic heterocycles. The van der Waals surface area contributed by atoms with E-state index >= 15 is 0 Å². The number of hydrogen-bond acceptors (Lipinski definition) is 5. The second-order valence-electron chi connectivity index (χ2n) is 5.48. The normalized spacial score (nSPS) is 22.8. The molecule has 1 saturated heterocycles. The Morgan fingerprint density at radius 1 is 1.33 bits per heavy atom. The number of benzene rings is 1. The van der Waals surface area contributed by atoms with Crippen molar-refractivity contribution in [1.29, 1.82) is 0 Å². The first kappa shape index (κ1) is 15.8. The molecule has 21 heavy (non-hydrogen) atoms. The molecule has 1 aliphatic heterocycles. The Labute approximate surface area is 126 Å². The average molecular weight is 292 g/mol. The molecule has 116 valence electrons. The third-order valence-electron chi connectivity index (χ3n) is 3.75. The summed E-state index contributed by atoms with van der Waals surface area (Å²) in [5.74, 6) is 1.09. The summed E-state index contributed by atoms with van der Waals surface area (Å²) in [5, 5.41) is 0. The molecule has 1 fully saturated rings. The third-order valence-corrected chi connectivity index (χ3v) is 3.75. The fourth-order valence-electron chi connectivity index (χ4n) is 2.59. The van der Waals surface area contributed by atoms with Crippen molar-refractivity contribution in [3.05, 3.63) is 24.3 Å². The minimum atomic E-state index is -0.235. The first-order chi connectivity index (χ1) is 10.1. The molecule has 2 unspecified atom stereocenters. The van der Waals surface area contributed by atoms with Crippen LogP contribution in [0.2, 0.25) is 0 Å². The van der Waals surface area contributed by atoms with Crippen molar-refractivity contribution in [1.82, 2.24) is 4.90 Å². The minimum Gasteiger partial charge on any atom is -0.494 e. The lowest BCUT2D eigenvalue weighted by molar-refractivity contribution is -0.136. The zero-order valence-corrected chi connectivity index (χ0v) is 12.7. The van der Waals surface area contributed by atoms with Gasteiger partial charge in [0.25, 0.3) is 0 Å². The summed E-state index contributed by atoms with van der Waals surface area (Å²) in [7, 11) is 0. The van der Waals surface area contributed by atoms with Gasteiger partial charge in [0.1, 0.15) is 11.5 Å². The van der Waals surface area contributed by atoms with E-state index in [1.165, 1.54) is 0 Å². The molecule has 0 spiro atoms. The lowest BCUT2D eigenvalue weighted by Crippen LogP contribution is -2.48. The topological polar surface area (TPSA) is 64.8 Å². The standard InChI is InChI=1S/C16H24N2O3/c1-3-20-14-4-6-15(7-5-14)21-16(19)11-18-9-8-13(17)10-12(18)2/h4-7,12-13H,3,8-11,17H2,1-2H3. The quantitative estimate of drug-likeness (QED) is 0.662. The van der Waals surface area contributed by atoms with Crippen LogP contribution in [0.5, 0.6) is 11.5 Å². The maximum atomic E-state index is 12.0. The summed E-state index contributed by atoms with van der Waals surface area (Å²) < 4.78 is 10.7. The van der Waals surface area contributed by atoms with Gasteiger partial charge in [-0.25, -0.2) is 0 Å². The van der Waals surface area contributed by atoms with Gasteiger partial charge in [-0.15, -0.1) is 0 Å². The van der Waals surface area contributed by atoms with E-state index in [0.717, 1.165) is 25.1 Å². The van der Waals surface area contributed by atoms with Crippen LogP contribution in [-0.4, -0.2) is 42.6 Å². The largest absolute Gasteiger partial charge is 0.494 e. The van der Waals surface area contributed by atoms with Crippen LogP contribution in [0.15, 0.2) is 24.3 Å². The summed E-state index contributed by atoms with van der Waals surface area (Å²) in [5.41, 5.74) is 5.93. The van der Waals surface area contributed by atoms with Crippen LogP contribution in [0.4, 0.5) is 0 Å². The lowest BCUT2D eigenvalue weighted by atomic mass is 9.99. The lowest BCUT2D eigenvalue weighted by Gasteiger charge is -2.35. The van der Waals surface area contributed by atoms with Crippen LogP contribution < -0.4 is 15.2 Å². The van der Waals surface area contributed by atoms with E-state index < -0.39 is 0 Å². The van der Waals surface area contributed by atoms with Crippen molar-refractivity contribution in [3.8, 4) is 11.5 Å². The first-order valence-corrected chi connectivity index (χ1v) is 7.51. The number of hydrogen-bond donors (Lipinski definition) is 1. The number of carbonyl (C=O) groups is 1. The van der Waals surface area contributed by atoms with Gasteiger partial charge in [-0.1, -0.05) is 0 Å². The van der Waals surface area contributed by atoms with E-state index in [4.69, 9.17) is 15.2 Å². The summed E-state index contributed by atoms with van der Waals surface area (Å²) in [6.07, 6.45) is 1.86. The van der Waals surface area contributed by atoms with Gasteiger partial charge in [-0.05, 0) is 51.0 Å². The Bertz CT molecular complexity index is 461. The Hall–Kier alpha value is -1.59. The van der Waals surface area contributed by atoms with Gasteiger partial charge in [-0.3, -0.25) is 9.69 Å². The molecule has 0 bridgehead atoms. The van der Waals surface area contributed by atoms with Crippen LogP contribution >= 0.6 is 0 Å². The molecule has 1 heterocycles. The molecular formula is C16H24N2O3. The molecule has 1 aromatic carbocycles. The number of rotatable bonds is 5. The predicted molar refractivity (Wildman–Crippen MR) is 81.5 cm³/mol. The van der Waals surface area contributed by atoms with Crippen molar-refractivity contribution in [3.63, 3.8) is 0 Å². The Balaban J connectivity index is 1.83. The molecule has 0 aliphatic carbocycles. The monoisotopic (exact) mass is 292 g/mol. The zero-order valence-electron chi connectivity index (χ0n) is 12.7. The van der Waals surface area contributed by atoms with Crippen molar-refractivity contribution in [2.75, 3.05) is 19.7 Å². The van der Waals surface area contributed by atoms with Gasteiger partial charge in [0.05, 0.1) is 13.2 Å². The van der Waals surface area contributed by atoms with E-state index in [1.54, 1.807) is 24.3 Å². The fraction of sp³-hybridized carbons (Fsp3) is 0.562. The molecule has 1 aliphatic rings. The predicted octanol–water partition coefficient (Wildman–Crippen LogP) is 1.80. The summed E-state index contributed by atoms with van der Waals surface area (Å²) in [6.45, 7) is 5.80. The number of esters is 1. The second kappa shape index (κ2) is 7.43. The number of nitrogens with two attached hydrogens (primary N) is 1. The van der Waals surface area contributed by atoms with Crippen LogP contribution in [0.3, 0.4) is 0 Å². The number of ether oxygens (including phenoxy) is 2. The molecule has 5 heteroatoms. The molecule has 2 atom stereocenters. The van der Waals surface area contributed by atoms with Gasteiger partial charge in [0.2, 0.25) is 0 Å². The first-order valence-electron chi connectivity index (χ1n) is 7.51. The van der Waals surface area contributed by atoms with Crippen LogP contribution in [-0.2, 0) is 4.79 Å². The Morgan fingerprint density at radius 2 is 2.00 bits per heavy atom. The van der Waals surface area contributed by atoms with E-state index in [1.807, 2.05) is 6.92 Å². The Morgan fingerprint density at radius 3 is 2.62 bits per heavy atom. The van der Waals surface area contributed by atoms with Crippen molar-refractivity contribution in [2.24, 2.45) is 5.73 Å². The summed E-state index contributed by atoms with van der Waals surface area (Å²) in [4.78, 5) is 14.1. The second-order valence-corrected chi connectivity index (χ2v) is 5.48. The van der Waals surface area contributed by atoms with Crippen molar-refractivity contribution in [2.45, 2.75) is 38.8 Å². The van der Waals surface area contributed by atoms with Gasteiger partial charge >= 0.3 is 5.97 Å². The Kier molecular flexibility index (Phi) is 5.59. The van der Waals surface area contributed by atoms with E-state index in [0.29, 0.717) is 24.9 Å². The van der Waals surface area contributed by atoms with Crippen LogP contribution in [0.1, 0.15) is 26.7 Å². The van der Waals surface area contributed by atoms with Crippen molar-refractivity contribution < 1.29 is 14.3 Å². The van der Waals surface area contributed by atoms with E-state index in [9.17, 15) is 4.79 Å².